The van der Waals surface area contributed by atoms with Gasteiger partial charge in [0.2, 0.25) is 0 Å². The normalized spacial score (nSPS) is 20.7. The van der Waals surface area contributed by atoms with Crippen molar-refractivity contribution in [3.63, 3.8) is 0 Å². The van der Waals surface area contributed by atoms with Crippen LogP contribution in [0.25, 0.3) is 0 Å². The first kappa shape index (κ1) is 12.2. The Labute approximate surface area is 107 Å². The summed E-state index contributed by atoms with van der Waals surface area (Å²) in [7, 11) is 0. The van der Waals surface area contributed by atoms with Crippen LogP contribution in [0.4, 0.5) is 5.69 Å². The zero-order chi connectivity index (χ0) is 12.1. The molecule has 17 heavy (non-hydrogen) atoms. The highest BCUT2D eigenvalue weighted by molar-refractivity contribution is 6.33. The van der Waals surface area contributed by atoms with Gasteiger partial charge >= 0.3 is 0 Å². The Bertz CT molecular complexity index is 413. The highest BCUT2D eigenvalue weighted by Crippen LogP contribution is 2.28. The SMILES string of the molecule is N#CCC1CNCCCN1c1ccccc1Cl. The van der Waals surface area contributed by atoms with Crippen molar-refractivity contribution in [1.29, 1.82) is 5.26 Å². The van der Waals surface area contributed by atoms with Gasteiger partial charge in [0.25, 0.3) is 0 Å². The standard InChI is InChI=1S/C13H16ClN3/c14-12-4-1-2-5-13(12)17-9-3-8-16-10-11(17)6-7-15/h1-2,4-5,11,16H,3,6,8-10H2. The van der Waals surface area contributed by atoms with Crippen molar-refractivity contribution >= 4 is 17.3 Å². The number of nitrogens with zero attached hydrogens (tertiary/aromatic N) is 2. The number of halogens is 1. The van der Waals surface area contributed by atoms with E-state index >= 15 is 0 Å². The van der Waals surface area contributed by atoms with Crippen LogP contribution in [-0.4, -0.2) is 25.7 Å². The minimum absolute atomic E-state index is 0.211. The second-order valence-corrected chi connectivity index (χ2v) is 4.63. The summed E-state index contributed by atoms with van der Waals surface area (Å²) >= 11 is 6.23. The molecular weight excluding hydrogens is 234 g/mol. The molecule has 0 radical (unpaired) electrons. The zero-order valence-corrected chi connectivity index (χ0v) is 10.5. The Morgan fingerprint density at radius 1 is 1.47 bits per heavy atom. The van der Waals surface area contributed by atoms with E-state index < -0.39 is 0 Å². The molecule has 0 aliphatic carbocycles. The van der Waals surface area contributed by atoms with Crippen LogP contribution in [0.5, 0.6) is 0 Å². The van der Waals surface area contributed by atoms with Crippen LogP contribution < -0.4 is 10.2 Å². The quantitative estimate of drug-likeness (QED) is 0.875. The van der Waals surface area contributed by atoms with E-state index in [2.05, 4.69) is 16.3 Å². The minimum atomic E-state index is 0.211. The van der Waals surface area contributed by atoms with Gasteiger partial charge in [0.15, 0.2) is 0 Å². The highest BCUT2D eigenvalue weighted by Gasteiger charge is 2.22. The Kier molecular flexibility index (Phi) is 4.24. The highest BCUT2D eigenvalue weighted by atomic mass is 35.5. The molecule has 0 amide bonds. The van der Waals surface area contributed by atoms with Gasteiger partial charge in [-0.25, -0.2) is 0 Å². The molecule has 0 saturated carbocycles. The fourth-order valence-electron chi connectivity index (χ4n) is 2.23. The van der Waals surface area contributed by atoms with E-state index in [0.29, 0.717) is 6.42 Å². The van der Waals surface area contributed by atoms with Crippen molar-refractivity contribution in [3.05, 3.63) is 29.3 Å². The summed E-state index contributed by atoms with van der Waals surface area (Å²) in [5.41, 5.74) is 1.04. The number of hydrogen-bond acceptors (Lipinski definition) is 3. The third kappa shape index (κ3) is 2.91. The first-order chi connectivity index (χ1) is 8.33. The molecule has 0 spiro atoms. The summed E-state index contributed by atoms with van der Waals surface area (Å²) < 4.78 is 0. The molecule has 1 fully saturated rings. The molecule has 2 rings (SSSR count). The Hall–Kier alpha value is -1.24. The van der Waals surface area contributed by atoms with Gasteiger partial charge in [-0.05, 0) is 25.1 Å². The average molecular weight is 250 g/mol. The monoisotopic (exact) mass is 249 g/mol. The fraction of sp³-hybridized carbons (Fsp3) is 0.462. The van der Waals surface area contributed by atoms with E-state index in [1.54, 1.807) is 0 Å². The van der Waals surface area contributed by atoms with Gasteiger partial charge in [-0.15, -0.1) is 0 Å². The van der Waals surface area contributed by atoms with Crippen LogP contribution in [0.2, 0.25) is 5.02 Å². The van der Waals surface area contributed by atoms with Crippen molar-refractivity contribution in [1.82, 2.24) is 5.32 Å². The molecule has 1 atom stereocenters. The molecule has 1 heterocycles. The number of benzene rings is 1. The molecule has 0 bridgehead atoms. The average Bonchev–Trinajstić information content (AvgIpc) is 2.56. The van der Waals surface area contributed by atoms with E-state index in [4.69, 9.17) is 16.9 Å². The van der Waals surface area contributed by atoms with Crippen molar-refractivity contribution in [3.8, 4) is 6.07 Å². The minimum Gasteiger partial charge on any atom is -0.365 e. The van der Waals surface area contributed by atoms with Gasteiger partial charge in [-0.1, -0.05) is 23.7 Å². The third-order valence-corrected chi connectivity index (χ3v) is 3.38. The molecule has 1 aromatic rings. The first-order valence-electron chi connectivity index (χ1n) is 5.92. The lowest BCUT2D eigenvalue weighted by molar-refractivity contribution is 0.597. The van der Waals surface area contributed by atoms with Gasteiger partial charge in [-0.3, -0.25) is 0 Å². The van der Waals surface area contributed by atoms with E-state index in [1.807, 2.05) is 24.3 Å². The fourth-order valence-corrected chi connectivity index (χ4v) is 2.47. The van der Waals surface area contributed by atoms with Crippen molar-refractivity contribution < 1.29 is 0 Å². The maximum absolute atomic E-state index is 8.91. The smallest absolute Gasteiger partial charge is 0.0643 e. The van der Waals surface area contributed by atoms with E-state index in [-0.39, 0.29) is 6.04 Å². The lowest BCUT2D eigenvalue weighted by Crippen LogP contribution is -2.39. The zero-order valence-electron chi connectivity index (χ0n) is 9.69. The molecule has 1 unspecified atom stereocenters. The second-order valence-electron chi connectivity index (χ2n) is 4.22. The van der Waals surface area contributed by atoms with Gasteiger partial charge < -0.3 is 10.2 Å². The summed E-state index contributed by atoms with van der Waals surface area (Å²) in [6, 6.07) is 10.3. The predicted molar refractivity (Wildman–Crippen MR) is 70.3 cm³/mol. The Morgan fingerprint density at radius 2 is 2.29 bits per heavy atom. The number of hydrogen-bond donors (Lipinski definition) is 1. The van der Waals surface area contributed by atoms with Gasteiger partial charge in [-0.2, -0.15) is 5.26 Å². The summed E-state index contributed by atoms with van der Waals surface area (Å²) in [5, 5.41) is 13.0. The molecule has 90 valence electrons. The molecule has 1 aliphatic rings. The van der Waals surface area contributed by atoms with Crippen molar-refractivity contribution in [2.24, 2.45) is 0 Å². The molecule has 4 heteroatoms. The van der Waals surface area contributed by atoms with Crippen molar-refractivity contribution in [2.45, 2.75) is 18.9 Å². The van der Waals surface area contributed by atoms with Gasteiger partial charge in [0.1, 0.15) is 0 Å². The van der Waals surface area contributed by atoms with Crippen LogP contribution >= 0.6 is 11.6 Å². The Morgan fingerprint density at radius 3 is 3.06 bits per heavy atom. The summed E-state index contributed by atoms with van der Waals surface area (Å²) in [6.45, 7) is 2.80. The second kappa shape index (κ2) is 5.90. The Balaban J connectivity index is 2.26. The summed E-state index contributed by atoms with van der Waals surface area (Å²) in [6.07, 6.45) is 1.60. The van der Waals surface area contributed by atoms with Gasteiger partial charge in [0, 0.05) is 13.1 Å². The topological polar surface area (TPSA) is 39.1 Å². The number of rotatable bonds is 2. The molecule has 1 N–H and O–H groups in total. The van der Waals surface area contributed by atoms with Crippen LogP contribution in [0, 0.1) is 11.3 Å². The van der Waals surface area contributed by atoms with Crippen LogP contribution in [0.3, 0.4) is 0 Å². The number of nitriles is 1. The molecule has 0 aromatic heterocycles. The summed E-state index contributed by atoms with van der Waals surface area (Å²) in [5.74, 6) is 0. The maximum atomic E-state index is 8.91. The number of anilines is 1. The molecular formula is C13H16ClN3. The number of nitrogens with one attached hydrogen (secondary N) is 1. The largest absolute Gasteiger partial charge is 0.365 e. The van der Waals surface area contributed by atoms with Crippen LogP contribution in [0.1, 0.15) is 12.8 Å². The lowest BCUT2D eigenvalue weighted by atomic mass is 10.1. The predicted octanol–water partition coefficient (Wildman–Crippen LogP) is 2.42. The van der Waals surface area contributed by atoms with Crippen LogP contribution in [0.15, 0.2) is 24.3 Å². The van der Waals surface area contributed by atoms with E-state index in [1.165, 1.54) is 0 Å². The molecule has 3 nitrogen and oxygen atoms in total. The van der Waals surface area contributed by atoms with E-state index in [9.17, 15) is 0 Å². The van der Waals surface area contributed by atoms with Crippen molar-refractivity contribution in [2.75, 3.05) is 24.5 Å². The van der Waals surface area contributed by atoms with Crippen LogP contribution in [-0.2, 0) is 0 Å². The maximum Gasteiger partial charge on any atom is 0.0643 e. The molecule has 1 saturated heterocycles. The lowest BCUT2D eigenvalue weighted by Gasteiger charge is -2.31. The van der Waals surface area contributed by atoms with Gasteiger partial charge in [0.05, 0.1) is 29.2 Å². The third-order valence-electron chi connectivity index (χ3n) is 3.06. The molecule has 1 aliphatic heterocycles. The van der Waals surface area contributed by atoms with E-state index in [0.717, 1.165) is 36.8 Å². The number of para-hydroxylation sites is 1. The first-order valence-corrected chi connectivity index (χ1v) is 6.29. The summed E-state index contributed by atoms with van der Waals surface area (Å²) in [4.78, 5) is 2.26. The molecule has 1 aromatic carbocycles.